The van der Waals surface area contributed by atoms with Crippen molar-refractivity contribution in [3.8, 4) is 11.5 Å². The molecule has 114 valence electrons. The first-order valence-corrected chi connectivity index (χ1v) is 6.35. The van der Waals surface area contributed by atoms with Crippen molar-refractivity contribution in [2.45, 2.75) is 13.8 Å². The lowest BCUT2D eigenvalue weighted by atomic mass is 10.1. The van der Waals surface area contributed by atoms with Crippen molar-refractivity contribution >= 4 is 18.3 Å². The summed E-state index contributed by atoms with van der Waals surface area (Å²) in [4.78, 5) is 12.0. The first-order chi connectivity index (χ1) is 9.13. The number of benzene rings is 1. The molecule has 0 saturated carbocycles. The topological polar surface area (TPSA) is 59.6 Å². The van der Waals surface area contributed by atoms with Gasteiger partial charge in [0.2, 0.25) is 0 Å². The molecule has 0 aliphatic carbocycles. The summed E-state index contributed by atoms with van der Waals surface area (Å²) in [5, 5.41) is 5.99. The van der Waals surface area contributed by atoms with Crippen LogP contribution < -0.4 is 20.1 Å². The number of amides is 1. The fourth-order valence-corrected chi connectivity index (χ4v) is 1.76. The predicted molar refractivity (Wildman–Crippen MR) is 82.4 cm³/mol. The molecule has 1 aromatic carbocycles. The predicted octanol–water partition coefficient (Wildman–Crippen LogP) is 1.77. The fraction of sp³-hybridized carbons (Fsp3) is 0.500. The van der Waals surface area contributed by atoms with E-state index in [0.717, 1.165) is 18.7 Å². The smallest absolute Gasteiger partial charge is 0.251 e. The molecule has 6 heteroatoms. The Morgan fingerprint density at radius 2 is 1.70 bits per heavy atom. The number of methoxy groups -OCH3 is 2. The zero-order chi connectivity index (χ0) is 14.3. The van der Waals surface area contributed by atoms with Crippen LogP contribution in [0.5, 0.6) is 11.5 Å². The molecular weight excluding hydrogens is 280 g/mol. The maximum Gasteiger partial charge on any atom is 0.251 e. The number of likely N-dealkylation sites (N-methyl/N-ethyl adjacent to an activating group) is 1. The Labute approximate surface area is 126 Å². The number of ether oxygens (including phenoxy) is 2. The second kappa shape index (κ2) is 9.44. The third kappa shape index (κ3) is 4.90. The first-order valence-electron chi connectivity index (χ1n) is 6.35. The number of nitrogens with one attached hydrogen (secondary N) is 2. The molecule has 0 saturated heterocycles. The van der Waals surface area contributed by atoms with E-state index in [1.807, 2.05) is 13.8 Å². The van der Waals surface area contributed by atoms with Gasteiger partial charge in [0.1, 0.15) is 11.5 Å². The molecule has 0 radical (unpaired) electrons. The van der Waals surface area contributed by atoms with Crippen molar-refractivity contribution in [2.75, 3.05) is 33.9 Å². The third-order valence-electron chi connectivity index (χ3n) is 2.85. The summed E-state index contributed by atoms with van der Waals surface area (Å²) in [6, 6.07) is 3.45. The highest BCUT2D eigenvalue weighted by Crippen LogP contribution is 2.29. The quantitative estimate of drug-likeness (QED) is 0.754. The van der Waals surface area contributed by atoms with Crippen LogP contribution >= 0.6 is 12.4 Å². The standard InChI is InChI=1S/C14H22N2O3.ClH/c1-5-15-6-7-16-14(17)11-8-12(18-3)10(2)13(9-11)19-4;/h8-9,15H,5-7H2,1-4H3,(H,16,17);1H. The van der Waals surface area contributed by atoms with Crippen LogP contribution in [0.4, 0.5) is 0 Å². The van der Waals surface area contributed by atoms with Gasteiger partial charge in [-0.05, 0) is 25.6 Å². The molecule has 0 atom stereocenters. The average Bonchev–Trinajstić information content (AvgIpc) is 2.43. The maximum atomic E-state index is 12.0. The minimum Gasteiger partial charge on any atom is -0.496 e. The zero-order valence-electron chi connectivity index (χ0n) is 12.4. The van der Waals surface area contributed by atoms with Crippen LogP contribution in [0.3, 0.4) is 0 Å². The van der Waals surface area contributed by atoms with Gasteiger partial charge in [-0.2, -0.15) is 0 Å². The molecule has 20 heavy (non-hydrogen) atoms. The largest absolute Gasteiger partial charge is 0.496 e. The number of rotatable bonds is 7. The van der Waals surface area contributed by atoms with Gasteiger partial charge in [-0.3, -0.25) is 4.79 Å². The molecule has 0 aromatic heterocycles. The number of hydrogen-bond acceptors (Lipinski definition) is 4. The average molecular weight is 303 g/mol. The normalized spacial score (nSPS) is 9.60. The molecule has 5 nitrogen and oxygen atoms in total. The molecule has 2 N–H and O–H groups in total. The minimum atomic E-state index is -0.130. The number of carbonyl (C=O) groups is 1. The second-order valence-electron chi connectivity index (χ2n) is 4.12. The van der Waals surface area contributed by atoms with E-state index < -0.39 is 0 Å². The lowest BCUT2D eigenvalue weighted by Gasteiger charge is -2.12. The minimum absolute atomic E-state index is 0. The Bertz CT molecular complexity index is 413. The molecular formula is C14H23ClN2O3. The lowest BCUT2D eigenvalue weighted by Crippen LogP contribution is -2.31. The first kappa shape index (κ1) is 18.5. The summed E-state index contributed by atoms with van der Waals surface area (Å²) in [6.07, 6.45) is 0. The van der Waals surface area contributed by atoms with Gasteiger partial charge in [0, 0.05) is 24.2 Å². The lowest BCUT2D eigenvalue weighted by molar-refractivity contribution is 0.0953. The molecule has 0 bridgehead atoms. The monoisotopic (exact) mass is 302 g/mol. The van der Waals surface area contributed by atoms with Gasteiger partial charge >= 0.3 is 0 Å². The Kier molecular flexibility index (Phi) is 8.76. The van der Waals surface area contributed by atoms with E-state index in [1.165, 1.54) is 0 Å². The Hall–Kier alpha value is -1.46. The molecule has 1 rings (SSSR count). The van der Waals surface area contributed by atoms with E-state index >= 15 is 0 Å². The third-order valence-corrected chi connectivity index (χ3v) is 2.85. The zero-order valence-corrected chi connectivity index (χ0v) is 13.2. The van der Waals surface area contributed by atoms with Crippen molar-refractivity contribution in [1.29, 1.82) is 0 Å². The van der Waals surface area contributed by atoms with Crippen LogP contribution in [0.1, 0.15) is 22.8 Å². The molecule has 0 heterocycles. The molecule has 1 aromatic rings. The van der Waals surface area contributed by atoms with Crippen LogP contribution in [-0.2, 0) is 0 Å². The van der Waals surface area contributed by atoms with E-state index in [4.69, 9.17) is 9.47 Å². The summed E-state index contributed by atoms with van der Waals surface area (Å²) >= 11 is 0. The van der Waals surface area contributed by atoms with Crippen LogP contribution in [-0.4, -0.2) is 39.8 Å². The van der Waals surface area contributed by atoms with Crippen LogP contribution in [0.15, 0.2) is 12.1 Å². The van der Waals surface area contributed by atoms with Crippen LogP contribution in [0.2, 0.25) is 0 Å². The Morgan fingerprint density at radius 1 is 1.15 bits per heavy atom. The van der Waals surface area contributed by atoms with Gasteiger partial charge in [0.25, 0.3) is 5.91 Å². The van der Waals surface area contributed by atoms with Crippen molar-refractivity contribution in [1.82, 2.24) is 10.6 Å². The summed E-state index contributed by atoms with van der Waals surface area (Å²) in [5.74, 6) is 1.17. The molecule has 0 aliphatic heterocycles. The van der Waals surface area contributed by atoms with Crippen molar-refractivity contribution in [3.05, 3.63) is 23.3 Å². The van der Waals surface area contributed by atoms with Gasteiger partial charge in [-0.25, -0.2) is 0 Å². The highest BCUT2D eigenvalue weighted by Gasteiger charge is 2.13. The van der Waals surface area contributed by atoms with Gasteiger partial charge in [0.15, 0.2) is 0 Å². The van der Waals surface area contributed by atoms with E-state index in [0.29, 0.717) is 23.6 Å². The Morgan fingerprint density at radius 3 is 2.15 bits per heavy atom. The highest BCUT2D eigenvalue weighted by atomic mass is 35.5. The SMILES string of the molecule is CCNCCNC(=O)c1cc(OC)c(C)c(OC)c1.Cl. The number of carbonyl (C=O) groups excluding carboxylic acids is 1. The van der Waals surface area contributed by atoms with E-state index in [2.05, 4.69) is 10.6 Å². The van der Waals surface area contributed by atoms with Gasteiger partial charge in [0.05, 0.1) is 14.2 Å². The summed E-state index contributed by atoms with van der Waals surface area (Å²) in [7, 11) is 3.16. The fourth-order valence-electron chi connectivity index (χ4n) is 1.76. The summed E-state index contributed by atoms with van der Waals surface area (Å²) in [5.41, 5.74) is 1.42. The molecule has 0 fully saturated rings. The van der Waals surface area contributed by atoms with Crippen LogP contribution in [0, 0.1) is 6.92 Å². The van der Waals surface area contributed by atoms with Crippen molar-refractivity contribution < 1.29 is 14.3 Å². The maximum absolute atomic E-state index is 12.0. The summed E-state index contributed by atoms with van der Waals surface area (Å²) in [6.45, 7) is 6.15. The second-order valence-corrected chi connectivity index (χ2v) is 4.12. The molecule has 0 unspecified atom stereocenters. The van der Waals surface area contributed by atoms with Gasteiger partial charge < -0.3 is 20.1 Å². The van der Waals surface area contributed by atoms with E-state index in [9.17, 15) is 4.79 Å². The Balaban J connectivity index is 0.00000361. The molecule has 1 amide bonds. The van der Waals surface area contributed by atoms with Crippen molar-refractivity contribution in [3.63, 3.8) is 0 Å². The van der Waals surface area contributed by atoms with E-state index in [1.54, 1.807) is 26.4 Å². The van der Waals surface area contributed by atoms with Crippen molar-refractivity contribution in [2.24, 2.45) is 0 Å². The molecule has 0 spiro atoms. The number of hydrogen-bond donors (Lipinski definition) is 2. The summed E-state index contributed by atoms with van der Waals surface area (Å²) < 4.78 is 10.5. The van der Waals surface area contributed by atoms with Crippen LogP contribution in [0.25, 0.3) is 0 Å². The van der Waals surface area contributed by atoms with E-state index in [-0.39, 0.29) is 18.3 Å². The molecule has 0 aliphatic rings. The van der Waals surface area contributed by atoms with Gasteiger partial charge in [-0.15, -0.1) is 12.4 Å². The number of halogens is 1. The highest BCUT2D eigenvalue weighted by molar-refractivity contribution is 5.95. The van der Waals surface area contributed by atoms with Gasteiger partial charge in [-0.1, -0.05) is 6.92 Å².